The average molecular weight is 408 g/mol. The molecule has 0 radical (unpaired) electrons. The fourth-order valence-electron chi connectivity index (χ4n) is 4.18. The second kappa shape index (κ2) is 8.11. The number of anilines is 1. The van der Waals surface area contributed by atoms with E-state index in [1.54, 1.807) is 13.8 Å². The van der Waals surface area contributed by atoms with Crippen LogP contribution in [0, 0.1) is 0 Å². The van der Waals surface area contributed by atoms with Gasteiger partial charge in [0, 0.05) is 45.2 Å². The summed E-state index contributed by atoms with van der Waals surface area (Å²) in [5, 5.41) is 0. The minimum atomic E-state index is -0.960. The molecule has 2 aliphatic heterocycles. The molecule has 6 heteroatoms. The number of rotatable bonds is 4. The molecule has 2 aromatic rings. The molecule has 158 valence electrons. The summed E-state index contributed by atoms with van der Waals surface area (Å²) in [6, 6.07) is 18.9. The number of hydrogen-bond acceptors (Lipinski definition) is 5. The van der Waals surface area contributed by atoms with Gasteiger partial charge in [-0.15, -0.1) is 0 Å². The van der Waals surface area contributed by atoms with Crippen LogP contribution in [0.5, 0.6) is 0 Å². The molecule has 0 N–H and O–H groups in total. The lowest BCUT2D eigenvalue weighted by Gasteiger charge is -2.41. The molecule has 6 nitrogen and oxygen atoms in total. The lowest BCUT2D eigenvalue weighted by atomic mass is 10.0. The lowest BCUT2D eigenvalue weighted by Crippen LogP contribution is -2.54. The Balaban J connectivity index is 1.36. The molecule has 2 fully saturated rings. The van der Waals surface area contributed by atoms with Gasteiger partial charge in [0.25, 0.3) is 0 Å². The molecule has 1 amide bonds. The molecule has 2 atom stereocenters. The van der Waals surface area contributed by atoms with Crippen molar-refractivity contribution in [2.75, 3.05) is 24.5 Å². The number of hydrogen-bond donors (Lipinski definition) is 0. The third-order valence-corrected chi connectivity index (χ3v) is 5.68. The first-order chi connectivity index (χ1) is 14.3. The highest BCUT2D eigenvalue weighted by Crippen LogP contribution is 2.28. The fraction of sp³-hybridized carbons (Fsp3) is 0.417. The molecule has 0 saturated carbocycles. The monoisotopic (exact) mass is 408 g/mol. The van der Waals surface area contributed by atoms with Crippen LogP contribution >= 0.6 is 0 Å². The van der Waals surface area contributed by atoms with E-state index in [9.17, 15) is 9.59 Å². The topological polar surface area (TPSA) is 59.1 Å². The molecule has 2 aromatic carbocycles. The van der Waals surface area contributed by atoms with E-state index < -0.39 is 17.9 Å². The molecular formula is C24H28N2O4. The summed E-state index contributed by atoms with van der Waals surface area (Å²) in [5.74, 6) is -1.49. The van der Waals surface area contributed by atoms with E-state index in [0.717, 1.165) is 18.8 Å². The maximum absolute atomic E-state index is 12.8. The van der Waals surface area contributed by atoms with E-state index >= 15 is 0 Å². The quantitative estimate of drug-likeness (QED) is 0.725. The second-order valence-electron chi connectivity index (χ2n) is 8.43. The zero-order valence-electron chi connectivity index (χ0n) is 17.7. The van der Waals surface area contributed by atoms with Gasteiger partial charge in [0.1, 0.15) is 0 Å². The minimum Gasteiger partial charge on any atom is -0.432 e. The maximum atomic E-state index is 12.8. The first-order valence-electron chi connectivity index (χ1n) is 10.4. The summed E-state index contributed by atoms with van der Waals surface area (Å²) in [7, 11) is 0. The molecule has 0 aliphatic carbocycles. The Bertz CT molecular complexity index is 911. The molecule has 4 rings (SSSR count). The number of ether oxygens (including phenoxy) is 2. The van der Waals surface area contributed by atoms with Gasteiger partial charge >= 0.3 is 5.97 Å². The van der Waals surface area contributed by atoms with Crippen molar-refractivity contribution in [3.05, 3.63) is 54.6 Å². The molecule has 30 heavy (non-hydrogen) atoms. The van der Waals surface area contributed by atoms with Crippen LogP contribution in [0.15, 0.2) is 54.6 Å². The number of cyclic esters (lactones) is 1. The summed E-state index contributed by atoms with van der Waals surface area (Å²) < 4.78 is 10.7. The summed E-state index contributed by atoms with van der Waals surface area (Å²) in [5.41, 5.74) is 3.54. The highest BCUT2D eigenvalue weighted by molar-refractivity contribution is 5.86. The van der Waals surface area contributed by atoms with E-state index in [1.807, 2.05) is 30.0 Å². The van der Waals surface area contributed by atoms with E-state index in [4.69, 9.17) is 9.47 Å². The van der Waals surface area contributed by atoms with Gasteiger partial charge in [0.05, 0.1) is 6.42 Å². The molecule has 0 spiro atoms. The summed E-state index contributed by atoms with van der Waals surface area (Å²) in [6.45, 7) is 7.52. The highest BCUT2D eigenvalue weighted by atomic mass is 16.8. The van der Waals surface area contributed by atoms with Gasteiger partial charge < -0.3 is 19.3 Å². The summed E-state index contributed by atoms with van der Waals surface area (Å²) >= 11 is 0. The number of esters is 1. The Labute approximate surface area is 177 Å². The smallest absolute Gasteiger partial charge is 0.338 e. The SMILES string of the molecule is C[C@@H]1CN(c2ccc(-c3ccccc3)cc2)CCN1C(=O)C[C@@H]1OC(C)(C)OC1=O. The van der Waals surface area contributed by atoms with E-state index in [1.165, 1.54) is 11.1 Å². The van der Waals surface area contributed by atoms with Gasteiger partial charge in [-0.2, -0.15) is 0 Å². The van der Waals surface area contributed by atoms with Gasteiger partial charge in [-0.1, -0.05) is 42.5 Å². The van der Waals surface area contributed by atoms with Crippen molar-refractivity contribution in [3.8, 4) is 11.1 Å². The van der Waals surface area contributed by atoms with Crippen LogP contribution in [0.25, 0.3) is 11.1 Å². The number of nitrogens with zero attached hydrogens (tertiary/aromatic N) is 2. The van der Waals surface area contributed by atoms with Crippen LogP contribution in [0.3, 0.4) is 0 Å². The van der Waals surface area contributed by atoms with Crippen molar-refractivity contribution in [1.29, 1.82) is 0 Å². The van der Waals surface area contributed by atoms with Gasteiger partial charge in [0.15, 0.2) is 6.10 Å². The lowest BCUT2D eigenvalue weighted by molar-refractivity contribution is -0.161. The van der Waals surface area contributed by atoms with E-state index in [2.05, 4.69) is 41.3 Å². The average Bonchev–Trinajstić information content (AvgIpc) is 2.99. The zero-order valence-corrected chi connectivity index (χ0v) is 17.7. The maximum Gasteiger partial charge on any atom is 0.338 e. The van der Waals surface area contributed by atoms with E-state index in [0.29, 0.717) is 6.54 Å². The number of piperazine rings is 1. The first kappa shape index (κ1) is 20.4. The van der Waals surface area contributed by atoms with Crippen molar-refractivity contribution in [2.24, 2.45) is 0 Å². The molecular weight excluding hydrogens is 380 g/mol. The predicted molar refractivity (Wildman–Crippen MR) is 115 cm³/mol. The fourth-order valence-corrected chi connectivity index (χ4v) is 4.18. The van der Waals surface area contributed by atoms with Crippen LogP contribution in [0.4, 0.5) is 5.69 Å². The molecule has 0 aromatic heterocycles. The number of amides is 1. The minimum absolute atomic E-state index is 0.0262. The van der Waals surface area contributed by atoms with Crippen molar-refractivity contribution in [3.63, 3.8) is 0 Å². The van der Waals surface area contributed by atoms with Gasteiger partial charge in [-0.3, -0.25) is 4.79 Å². The van der Waals surface area contributed by atoms with Crippen molar-refractivity contribution >= 4 is 17.6 Å². The van der Waals surface area contributed by atoms with Gasteiger partial charge in [-0.05, 0) is 30.2 Å². The molecule has 2 heterocycles. The summed E-state index contributed by atoms with van der Waals surface area (Å²) in [6.07, 6.45) is -0.790. The van der Waals surface area contributed by atoms with Crippen LogP contribution in [0.2, 0.25) is 0 Å². The van der Waals surface area contributed by atoms with Crippen molar-refractivity contribution in [2.45, 2.75) is 45.1 Å². The third kappa shape index (κ3) is 4.33. The van der Waals surface area contributed by atoms with Crippen LogP contribution in [-0.2, 0) is 19.1 Å². The zero-order chi connectivity index (χ0) is 21.3. The Kier molecular flexibility index (Phi) is 5.52. The molecule has 2 saturated heterocycles. The number of carbonyl (C=O) groups excluding carboxylic acids is 2. The van der Waals surface area contributed by atoms with Gasteiger partial charge in [0.2, 0.25) is 11.7 Å². The third-order valence-electron chi connectivity index (χ3n) is 5.68. The Morgan fingerprint density at radius 2 is 1.70 bits per heavy atom. The first-order valence-corrected chi connectivity index (χ1v) is 10.4. The molecule has 0 unspecified atom stereocenters. The predicted octanol–water partition coefficient (Wildman–Crippen LogP) is 3.46. The normalized spacial score (nSPS) is 23.4. The van der Waals surface area contributed by atoms with Crippen LogP contribution in [-0.4, -0.2) is 54.3 Å². The highest BCUT2D eigenvalue weighted by Gasteiger charge is 2.43. The van der Waals surface area contributed by atoms with Crippen molar-refractivity contribution < 1.29 is 19.1 Å². The van der Waals surface area contributed by atoms with Crippen LogP contribution < -0.4 is 4.90 Å². The molecule has 2 aliphatic rings. The Hall–Kier alpha value is -2.86. The number of carbonyl (C=O) groups is 2. The standard InChI is InChI=1S/C24H28N2O4/c1-17-16-25(20-11-9-19(10-12-20)18-7-5-4-6-8-18)13-14-26(17)22(27)15-21-23(28)30-24(2,3)29-21/h4-12,17,21H,13-16H2,1-3H3/t17-,21+/m1/s1. The largest absolute Gasteiger partial charge is 0.432 e. The Morgan fingerprint density at radius 3 is 2.30 bits per heavy atom. The summed E-state index contributed by atoms with van der Waals surface area (Å²) in [4.78, 5) is 28.9. The number of benzene rings is 2. The Morgan fingerprint density at radius 1 is 1.03 bits per heavy atom. The molecule has 0 bridgehead atoms. The van der Waals surface area contributed by atoms with Gasteiger partial charge in [-0.25, -0.2) is 4.79 Å². The van der Waals surface area contributed by atoms with E-state index in [-0.39, 0.29) is 18.4 Å². The van der Waals surface area contributed by atoms with Crippen LogP contribution in [0.1, 0.15) is 27.2 Å². The second-order valence-corrected chi connectivity index (χ2v) is 8.43. The van der Waals surface area contributed by atoms with Crippen molar-refractivity contribution in [1.82, 2.24) is 4.90 Å².